The molecule has 0 aliphatic carbocycles. The van der Waals surface area contributed by atoms with Crippen LogP contribution in [0.2, 0.25) is 0 Å². The summed E-state index contributed by atoms with van der Waals surface area (Å²) in [5, 5.41) is 10.5. The summed E-state index contributed by atoms with van der Waals surface area (Å²) in [7, 11) is 0. The van der Waals surface area contributed by atoms with Gasteiger partial charge in [-0.05, 0) is 50.9 Å². The van der Waals surface area contributed by atoms with Crippen molar-refractivity contribution in [1.82, 2.24) is 9.80 Å². The summed E-state index contributed by atoms with van der Waals surface area (Å²) in [6.45, 7) is 22.3. The van der Waals surface area contributed by atoms with Crippen LogP contribution in [0.1, 0.15) is 74.1 Å². The number of amides is 2. The Balaban J connectivity index is 2.14. The van der Waals surface area contributed by atoms with E-state index in [0.29, 0.717) is 25.8 Å². The summed E-state index contributed by atoms with van der Waals surface area (Å²) in [5.41, 5.74) is -1.84. The maximum atomic E-state index is 14.8. The van der Waals surface area contributed by atoms with E-state index in [2.05, 4.69) is 49.9 Å². The van der Waals surface area contributed by atoms with Crippen LogP contribution in [0.15, 0.2) is 25.3 Å². The number of aliphatic hydroxyl groups is 1. The predicted molar refractivity (Wildman–Crippen MR) is 159 cm³/mol. The summed E-state index contributed by atoms with van der Waals surface area (Å²) in [4.78, 5) is 45.8. The molecule has 3 fully saturated rings. The highest BCUT2D eigenvalue weighted by Crippen LogP contribution is 2.61. The number of hydrogen-bond donors (Lipinski definition) is 1. The minimum atomic E-state index is -1.21. The Morgan fingerprint density at radius 1 is 1.25 bits per heavy atom. The molecule has 0 aromatic carbocycles. The van der Waals surface area contributed by atoms with E-state index in [1.165, 1.54) is 0 Å². The van der Waals surface area contributed by atoms with E-state index in [4.69, 9.17) is 9.47 Å². The lowest BCUT2D eigenvalue weighted by Crippen LogP contribution is -2.62. The largest absolute Gasteiger partial charge is 0.465 e. The highest BCUT2D eigenvalue weighted by molar-refractivity contribution is 9.09. The molecule has 0 radical (unpaired) electrons. The molecule has 9 heteroatoms. The molecule has 3 heterocycles. The molecule has 0 aromatic rings. The topological polar surface area (TPSA) is 96.4 Å². The number of aliphatic hydroxyl groups excluding tert-OH is 1. The number of esters is 1. The minimum absolute atomic E-state index is 0.0654. The summed E-state index contributed by atoms with van der Waals surface area (Å²) in [6, 6.07) is -1.58. The van der Waals surface area contributed by atoms with Gasteiger partial charge in [0, 0.05) is 16.9 Å². The zero-order valence-electron chi connectivity index (χ0n) is 25.3. The first-order valence-corrected chi connectivity index (χ1v) is 15.4. The second-order valence-corrected chi connectivity index (χ2v) is 15.1. The number of halogens is 1. The molecule has 1 spiro atoms. The Kier molecular flexibility index (Phi) is 10.1. The summed E-state index contributed by atoms with van der Waals surface area (Å²) < 4.78 is 12.2. The van der Waals surface area contributed by atoms with Gasteiger partial charge in [-0.25, -0.2) is 0 Å². The minimum Gasteiger partial charge on any atom is -0.465 e. The normalized spacial score (nSPS) is 30.4. The number of ether oxygens (including phenoxy) is 2. The lowest BCUT2D eigenvalue weighted by Gasteiger charge is -2.46. The van der Waals surface area contributed by atoms with Gasteiger partial charge in [0.2, 0.25) is 11.8 Å². The fourth-order valence-electron chi connectivity index (χ4n) is 7.47. The molecular weight excluding hydrogens is 576 g/mol. The Labute approximate surface area is 248 Å². The zero-order chi connectivity index (χ0) is 30.2. The first kappa shape index (κ1) is 32.8. The van der Waals surface area contributed by atoms with E-state index in [-0.39, 0.29) is 41.2 Å². The first-order valence-electron chi connectivity index (χ1n) is 14.5. The molecule has 1 N–H and O–H groups in total. The summed E-state index contributed by atoms with van der Waals surface area (Å²) in [6.07, 6.45) is 4.91. The molecule has 3 aliphatic heterocycles. The van der Waals surface area contributed by atoms with E-state index in [1.807, 2.05) is 27.7 Å². The molecular formula is C31H49BrN2O6. The number of nitrogens with zero attached hydrogens (tertiary/aromatic N) is 2. The highest BCUT2D eigenvalue weighted by Gasteiger charge is 2.77. The number of alkyl halides is 1. The number of carbonyl (C=O) groups is 3. The third kappa shape index (κ3) is 6.07. The van der Waals surface area contributed by atoms with Crippen LogP contribution in [0.5, 0.6) is 0 Å². The van der Waals surface area contributed by atoms with Crippen molar-refractivity contribution in [2.45, 2.75) is 108 Å². The molecule has 8 nitrogen and oxygen atoms in total. The number of rotatable bonds is 13. The predicted octanol–water partition coefficient (Wildman–Crippen LogP) is 4.49. The molecule has 3 rings (SSSR count). The van der Waals surface area contributed by atoms with Crippen LogP contribution < -0.4 is 0 Å². The highest BCUT2D eigenvalue weighted by atomic mass is 79.9. The lowest BCUT2D eigenvalue weighted by molar-refractivity contribution is -0.158. The molecule has 40 heavy (non-hydrogen) atoms. The monoisotopic (exact) mass is 624 g/mol. The van der Waals surface area contributed by atoms with Crippen molar-refractivity contribution in [2.75, 3.05) is 19.8 Å². The molecule has 0 aromatic heterocycles. The van der Waals surface area contributed by atoms with Gasteiger partial charge in [-0.2, -0.15) is 0 Å². The Morgan fingerprint density at radius 3 is 2.42 bits per heavy atom. The Bertz CT molecular complexity index is 991. The third-order valence-electron chi connectivity index (χ3n) is 8.42. The van der Waals surface area contributed by atoms with Gasteiger partial charge in [-0.3, -0.25) is 14.4 Å². The van der Waals surface area contributed by atoms with Crippen LogP contribution in [0.3, 0.4) is 0 Å². The van der Waals surface area contributed by atoms with E-state index >= 15 is 0 Å². The third-order valence-corrected chi connectivity index (χ3v) is 9.26. The van der Waals surface area contributed by atoms with Crippen LogP contribution in [0.25, 0.3) is 0 Å². The SMILES string of the molecule is C=CCCOC(=O)[C@H]1[C@@H]2OC3(CC2Br)C(C(=O)N(CC=C)C(C)(C)CC(C)(C)C)N([C@@H](CO)CC(C)C)C(=O)[C@H]13. The molecule has 7 atom stereocenters. The van der Waals surface area contributed by atoms with Crippen molar-refractivity contribution >= 4 is 33.7 Å². The Hall–Kier alpha value is -1.71. The van der Waals surface area contributed by atoms with Crippen LogP contribution in [0.4, 0.5) is 0 Å². The van der Waals surface area contributed by atoms with Gasteiger partial charge in [-0.15, -0.1) is 13.2 Å². The number of fused-ring (bicyclic) bond motifs is 1. The molecule has 3 saturated heterocycles. The summed E-state index contributed by atoms with van der Waals surface area (Å²) >= 11 is 3.71. The maximum absolute atomic E-state index is 14.8. The van der Waals surface area contributed by atoms with Crippen molar-refractivity contribution in [3.05, 3.63) is 25.3 Å². The van der Waals surface area contributed by atoms with E-state index in [9.17, 15) is 19.5 Å². The smallest absolute Gasteiger partial charge is 0.312 e. The van der Waals surface area contributed by atoms with Gasteiger partial charge in [0.25, 0.3) is 0 Å². The first-order chi connectivity index (χ1) is 18.6. The van der Waals surface area contributed by atoms with Gasteiger partial charge in [-0.1, -0.05) is 62.7 Å². The van der Waals surface area contributed by atoms with Crippen LogP contribution in [-0.2, 0) is 23.9 Å². The van der Waals surface area contributed by atoms with Crippen molar-refractivity contribution < 1.29 is 29.0 Å². The average molecular weight is 626 g/mol. The lowest BCUT2D eigenvalue weighted by atomic mass is 9.70. The van der Waals surface area contributed by atoms with E-state index < -0.39 is 47.1 Å². The number of likely N-dealkylation sites (tertiary alicyclic amines) is 1. The van der Waals surface area contributed by atoms with E-state index in [1.54, 1.807) is 22.0 Å². The van der Waals surface area contributed by atoms with Gasteiger partial charge >= 0.3 is 5.97 Å². The van der Waals surface area contributed by atoms with Gasteiger partial charge < -0.3 is 24.4 Å². The quantitative estimate of drug-likeness (QED) is 0.140. The molecule has 2 amide bonds. The van der Waals surface area contributed by atoms with Gasteiger partial charge in [0.15, 0.2) is 0 Å². The van der Waals surface area contributed by atoms with E-state index in [0.717, 1.165) is 6.42 Å². The van der Waals surface area contributed by atoms with Crippen LogP contribution in [-0.4, -0.2) is 86.6 Å². The average Bonchev–Trinajstić information content (AvgIpc) is 3.42. The zero-order valence-corrected chi connectivity index (χ0v) is 26.9. The van der Waals surface area contributed by atoms with Crippen molar-refractivity contribution in [3.63, 3.8) is 0 Å². The standard InChI is InChI=1S/C31H49BrN2O6/c1-10-12-14-39-28(38)22-23-26(36)34(20(17-35)15-19(3)4)25(31(23)16-21(32)24(22)40-31)27(37)33(13-11-2)30(8,9)18-29(5,6)7/h10-11,19-25,35H,1-2,12-18H2,3-9H3/t20-,21?,22-,23+,24-,25?,31?/m1/s1. The summed E-state index contributed by atoms with van der Waals surface area (Å²) in [5.74, 6) is -2.60. The molecule has 2 bridgehead atoms. The molecule has 226 valence electrons. The second kappa shape index (κ2) is 12.3. The van der Waals surface area contributed by atoms with Crippen LogP contribution >= 0.6 is 15.9 Å². The van der Waals surface area contributed by atoms with Crippen molar-refractivity contribution in [2.24, 2.45) is 23.2 Å². The number of hydrogen-bond acceptors (Lipinski definition) is 6. The van der Waals surface area contributed by atoms with Gasteiger partial charge in [0.1, 0.15) is 11.6 Å². The Morgan fingerprint density at radius 2 is 1.90 bits per heavy atom. The second-order valence-electron chi connectivity index (χ2n) is 13.9. The number of carbonyl (C=O) groups excluding carboxylic acids is 3. The molecule has 3 unspecified atom stereocenters. The fraction of sp³-hybridized carbons (Fsp3) is 0.774. The molecule has 3 aliphatic rings. The fourth-order valence-corrected chi connectivity index (χ4v) is 8.42. The molecule has 0 saturated carbocycles. The van der Waals surface area contributed by atoms with Gasteiger partial charge in [0.05, 0.1) is 37.2 Å². The van der Waals surface area contributed by atoms with Crippen molar-refractivity contribution in [3.8, 4) is 0 Å². The maximum Gasteiger partial charge on any atom is 0.312 e. The van der Waals surface area contributed by atoms with Crippen molar-refractivity contribution in [1.29, 1.82) is 0 Å². The van der Waals surface area contributed by atoms with Crippen LogP contribution in [0, 0.1) is 23.2 Å².